The van der Waals surface area contributed by atoms with Gasteiger partial charge in [-0.2, -0.15) is 0 Å². The first-order valence-electron chi connectivity index (χ1n) is 38.0. The molecule has 0 amide bonds. The van der Waals surface area contributed by atoms with Crippen molar-refractivity contribution < 1.29 is 0 Å². The minimum absolute atomic E-state index is 0.500. The summed E-state index contributed by atoms with van der Waals surface area (Å²) in [6, 6.07) is 0. The third-order valence-electron chi connectivity index (χ3n) is 17.9. The summed E-state index contributed by atoms with van der Waals surface area (Å²) < 4.78 is 0. The van der Waals surface area contributed by atoms with Gasteiger partial charge in [0.1, 0.15) is 0 Å². The van der Waals surface area contributed by atoms with Crippen molar-refractivity contribution in [1.29, 1.82) is 0 Å². The molecule has 0 rings (SSSR count). The third kappa shape index (κ3) is 140. The lowest BCUT2D eigenvalue weighted by molar-refractivity contribution is 0.283. The molecule has 0 saturated heterocycles. The van der Waals surface area contributed by atoms with E-state index in [-0.39, 0.29) is 0 Å². The zero-order valence-corrected chi connectivity index (χ0v) is 70.1. The summed E-state index contributed by atoms with van der Waals surface area (Å²) in [6.45, 7) is 102. The maximum atomic E-state index is 2.31. The van der Waals surface area contributed by atoms with Crippen molar-refractivity contribution in [1.82, 2.24) is 0 Å². The van der Waals surface area contributed by atoms with Crippen LogP contribution in [0.15, 0.2) is 0 Å². The molecule has 0 spiro atoms. The summed E-state index contributed by atoms with van der Waals surface area (Å²) in [5, 5.41) is 0. The SMILES string of the molecule is CC(C)C(C)(C)C.CC(C)CC(C)C.CCC(C)(C)CC.CCC(C)(C)CC.CCC(C)C(C)C.CCC(CC)CC.CCCC(C)(C)C.CCCC(C)(C)C.CCCC(C)CC.CCCCC(C)C.CCC[C@H](C)CC.CC[C@H](C)C(C)C. The Bertz CT molecular complexity index is 962. The van der Waals surface area contributed by atoms with E-state index >= 15 is 0 Å². The molecule has 0 N–H and O–H groups in total. The molecule has 0 aromatic heterocycles. The Morgan fingerprint density at radius 2 is 0.524 bits per heavy atom. The van der Waals surface area contributed by atoms with Crippen molar-refractivity contribution >= 4 is 0 Å². The van der Waals surface area contributed by atoms with Crippen LogP contribution in [-0.4, -0.2) is 0 Å². The Balaban J connectivity index is -0.0000000673. The molecule has 0 aliphatic rings. The molecule has 0 heteroatoms. The second-order valence-corrected chi connectivity index (χ2v) is 33.4. The highest BCUT2D eigenvalue weighted by molar-refractivity contribution is 4.65. The predicted octanol–water partition coefficient (Wildman–Crippen LogP) is 33.4. The van der Waals surface area contributed by atoms with Gasteiger partial charge in [0.15, 0.2) is 0 Å². The summed E-state index contributed by atoms with van der Waals surface area (Å²) in [7, 11) is 0. The van der Waals surface area contributed by atoms with Crippen LogP contribution in [0, 0.1) is 92.2 Å². The molecule has 2 unspecified atom stereocenters. The fourth-order valence-corrected chi connectivity index (χ4v) is 6.76. The van der Waals surface area contributed by atoms with E-state index in [2.05, 4.69) is 312 Å². The van der Waals surface area contributed by atoms with Gasteiger partial charge in [-0.1, -0.05) is 440 Å². The topological polar surface area (TPSA) is 0 Å². The number of hydrogen-bond acceptors (Lipinski definition) is 0. The van der Waals surface area contributed by atoms with Gasteiger partial charge < -0.3 is 0 Å². The lowest BCUT2D eigenvalue weighted by Crippen LogP contribution is -2.12. The Hall–Kier alpha value is 0. The smallest absolute Gasteiger partial charge is 0.0359 e. The molecule has 0 heterocycles. The Morgan fingerprint density at radius 1 is 0.274 bits per heavy atom. The molecule has 0 radical (unpaired) electrons. The van der Waals surface area contributed by atoms with Gasteiger partial charge in [-0.05, 0) is 111 Å². The van der Waals surface area contributed by atoms with Crippen molar-refractivity contribution in [2.24, 2.45) is 92.2 Å². The normalized spacial score (nSPS) is 12.6. The van der Waals surface area contributed by atoms with Crippen LogP contribution in [0.5, 0.6) is 0 Å². The molecule has 0 fully saturated rings. The monoisotopic (exact) mass is 1200 g/mol. The fourth-order valence-electron chi connectivity index (χ4n) is 6.76. The predicted molar refractivity (Wildman–Crippen MR) is 412 cm³/mol. The van der Waals surface area contributed by atoms with Crippen molar-refractivity contribution in [3.8, 4) is 0 Å². The van der Waals surface area contributed by atoms with Gasteiger partial charge in [-0.15, -0.1) is 0 Å². The van der Waals surface area contributed by atoms with Crippen LogP contribution in [0.3, 0.4) is 0 Å². The molecular formula is C84H192. The summed E-state index contributed by atoms with van der Waals surface area (Å²) in [4.78, 5) is 0. The van der Waals surface area contributed by atoms with Crippen LogP contribution >= 0.6 is 0 Å². The van der Waals surface area contributed by atoms with E-state index in [4.69, 9.17) is 0 Å². The van der Waals surface area contributed by atoms with Crippen molar-refractivity contribution in [3.05, 3.63) is 0 Å². The zero-order chi connectivity index (χ0) is 70.1. The standard InChI is InChI=1S/12C7H16/c1-6(2)7(3,4)5;1-6(2)5-7(3)4;2*1-5-6-7(2,3)4;2*1-5-7(3,4)6-2;2*1-5-7(4)6(2)3;1-4-5-6-7(2)3;2*1-4-6-7(3)5-2;1-4-7(5-2)6-3/h6H,1-5H3;6-7H,5H2,1-4H3;4*5-6H2,1-4H3;2*6-7H,5H2,1-4H3;4*7H,4-6H2,1-3H3/t;;;;;;7-;;;7-;;/m......0..1../s1. The highest BCUT2D eigenvalue weighted by Crippen LogP contribution is 2.25. The van der Waals surface area contributed by atoms with Crippen molar-refractivity contribution in [3.63, 3.8) is 0 Å². The van der Waals surface area contributed by atoms with Gasteiger partial charge in [0.05, 0.1) is 0 Å². The van der Waals surface area contributed by atoms with E-state index in [1.807, 2.05) is 0 Å². The van der Waals surface area contributed by atoms with Crippen LogP contribution in [-0.2, 0) is 0 Å². The van der Waals surface area contributed by atoms with E-state index in [0.717, 1.165) is 65.1 Å². The summed E-state index contributed by atoms with van der Waals surface area (Å²) in [5.41, 5.74) is 2.77. The van der Waals surface area contributed by atoms with E-state index in [0.29, 0.717) is 27.1 Å². The van der Waals surface area contributed by atoms with Crippen LogP contribution in [0.2, 0.25) is 0 Å². The van der Waals surface area contributed by atoms with Gasteiger partial charge in [0.25, 0.3) is 0 Å². The van der Waals surface area contributed by atoms with Crippen molar-refractivity contribution in [2.75, 3.05) is 0 Å². The maximum absolute atomic E-state index is 2.31. The quantitative estimate of drug-likeness (QED) is 0.0904. The van der Waals surface area contributed by atoms with Gasteiger partial charge >= 0.3 is 0 Å². The molecule has 528 valence electrons. The molecule has 0 saturated carbocycles. The molecule has 0 nitrogen and oxygen atoms in total. The zero-order valence-electron chi connectivity index (χ0n) is 70.1. The van der Waals surface area contributed by atoms with Crippen LogP contribution < -0.4 is 0 Å². The van der Waals surface area contributed by atoms with Gasteiger partial charge in [0.2, 0.25) is 0 Å². The van der Waals surface area contributed by atoms with Gasteiger partial charge in [0, 0.05) is 0 Å². The lowest BCUT2D eigenvalue weighted by atomic mass is 9.84. The summed E-state index contributed by atoms with van der Waals surface area (Å²) in [5.74, 6) is 9.87. The fraction of sp³-hybridized carbons (Fsp3) is 1.00. The van der Waals surface area contributed by atoms with Crippen LogP contribution in [0.25, 0.3) is 0 Å². The van der Waals surface area contributed by atoms with E-state index in [1.54, 1.807) is 0 Å². The first-order chi connectivity index (χ1) is 38.0. The third-order valence-corrected chi connectivity index (χ3v) is 17.9. The molecule has 84 heavy (non-hydrogen) atoms. The largest absolute Gasteiger partial charge is 0.0654 e. The Morgan fingerprint density at radius 3 is 0.548 bits per heavy atom. The molecule has 0 aliphatic carbocycles. The number of rotatable bonds is 24. The van der Waals surface area contributed by atoms with Crippen molar-refractivity contribution in [2.45, 2.75) is 459 Å². The van der Waals surface area contributed by atoms with E-state index in [1.165, 1.54) is 148 Å². The highest BCUT2D eigenvalue weighted by atomic mass is 14.2. The molecular weight excluding hydrogens is 1010 g/mol. The lowest BCUT2D eigenvalue weighted by Gasteiger charge is -2.22. The Kier molecular flexibility index (Phi) is 100. The second-order valence-electron chi connectivity index (χ2n) is 33.4. The first-order valence-corrected chi connectivity index (χ1v) is 38.0. The average molecular weight is 1200 g/mol. The minimum Gasteiger partial charge on any atom is -0.0654 e. The molecule has 0 aromatic carbocycles. The maximum Gasteiger partial charge on any atom is -0.0359 e. The van der Waals surface area contributed by atoms with Crippen LogP contribution in [0.1, 0.15) is 459 Å². The van der Waals surface area contributed by atoms with Gasteiger partial charge in [-0.3, -0.25) is 0 Å². The average Bonchev–Trinajstić information content (AvgIpc) is 3.38. The molecule has 0 aromatic rings. The molecule has 4 atom stereocenters. The number of hydrogen-bond donors (Lipinski definition) is 0. The summed E-state index contributed by atoms with van der Waals surface area (Å²) in [6.07, 6.45) is 30.8. The van der Waals surface area contributed by atoms with E-state index in [9.17, 15) is 0 Å². The molecule has 0 aliphatic heterocycles. The minimum atomic E-state index is 0.500. The first kappa shape index (κ1) is 112. The van der Waals surface area contributed by atoms with E-state index < -0.39 is 0 Å². The number of unbranched alkanes of at least 4 members (excludes halogenated alkanes) is 1. The second kappa shape index (κ2) is 75.5. The van der Waals surface area contributed by atoms with Crippen LogP contribution in [0.4, 0.5) is 0 Å². The Labute approximate surface area is 548 Å². The summed E-state index contributed by atoms with van der Waals surface area (Å²) >= 11 is 0. The molecule has 0 bridgehead atoms. The van der Waals surface area contributed by atoms with Gasteiger partial charge in [-0.25, -0.2) is 0 Å². The highest BCUT2D eigenvalue weighted by Gasteiger charge is 2.14.